The zero-order valence-electron chi connectivity index (χ0n) is 34.0. The van der Waals surface area contributed by atoms with E-state index in [1.165, 1.54) is 13.8 Å². The van der Waals surface area contributed by atoms with Crippen molar-refractivity contribution < 1.29 is 37.5 Å². The highest BCUT2D eigenvalue weighted by atomic mass is 28.4. The SMILES string of the molecule is CC(=O)c1nc(CO[Si](C)(C)C(C)(C)C)cn1COC(=O)C(C)(C)C.CC(=O)c1ncc(CO[Si](C)(C)C(C)(C)C)n1COC(=O)C(C)(C)C. The van der Waals surface area contributed by atoms with Gasteiger partial charge in [0.05, 0.1) is 41.6 Å². The molecule has 0 fully saturated rings. The molecule has 2 rings (SSSR count). The Morgan fingerprint density at radius 1 is 0.660 bits per heavy atom. The number of carbonyl (C=O) groups excluding carboxylic acids is 4. The van der Waals surface area contributed by atoms with Crippen molar-refractivity contribution in [1.29, 1.82) is 0 Å². The second kappa shape index (κ2) is 16.6. The zero-order valence-corrected chi connectivity index (χ0v) is 36.0. The van der Waals surface area contributed by atoms with Crippen molar-refractivity contribution in [3.8, 4) is 0 Å². The maximum atomic E-state index is 12.0. The van der Waals surface area contributed by atoms with Crippen LogP contribution < -0.4 is 0 Å². The smallest absolute Gasteiger partial charge is 0.312 e. The topological polar surface area (TPSA) is 141 Å². The van der Waals surface area contributed by atoms with Gasteiger partial charge >= 0.3 is 11.9 Å². The average molecular weight is 737 g/mol. The van der Waals surface area contributed by atoms with Crippen LogP contribution in [-0.2, 0) is 54.6 Å². The molecule has 284 valence electrons. The van der Waals surface area contributed by atoms with Crippen molar-refractivity contribution in [3.63, 3.8) is 0 Å². The van der Waals surface area contributed by atoms with Crippen molar-refractivity contribution in [2.45, 2.75) is 160 Å². The summed E-state index contributed by atoms with van der Waals surface area (Å²) >= 11 is 0. The van der Waals surface area contributed by atoms with Crippen molar-refractivity contribution in [2.24, 2.45) is 10.8 Å². The fraction of sp³-hybridized carbons (Fsp3) is 0.722. The van der Waals surface area contributed by atoms with Gasteiger partial charge in [-0.3, -0.25) is 28.3 Å². The number of imidazole rings is 2. The first-order valence-electron chi connectivity index (χ1n) is 17.1. The molecule has 0 aromatic carbocycles. The van der Waals surface area contributed by atoms with E-state index in [4.69, 9.17) is 18.3 Å². The van der Waals surface area contributed by atoms with E-state index in [1.807, 2.05) is 0 Å². The summed E-state index contributed by atoms with van der Waals surface area (Å²) in [4.78, 5) is 56.2. The molecule has 14 heteroatoms. The minimum Gasteiger partial charge on any atom is -0.443 e. The Morgan fingerprint density at radius 2 is 1.08 bits per heavy atom. The molecule has 0 radical (unpaired) electrons. The Bertz CT molecular complexity index is 1490. The fourth-order valence-corrected chi connectivity index (χ4v) is 5.38. The normalized spacial score (nSPS) is 13.0. The van der Waals surface area contributed by atoms with Gasteiger partial charge in [-0.2, -0.15) is 0 Å². The number of ether oxygens (including phenoxy) is 2. The molecule has 0 aliphatic heterocycles. The standard InChI is InChI=1S/2C18H32N2O4Si/c1-13(21)15-19-14(11-24-25(8,9)18(5,6)7)10-20(15)12-23-16(22)17(2,3)4;1-13(21)15-19-10-14(11-24-25(8,9)18(5,6)7)20(15)12-23-16(22)17(2,3)4/h2*10H,11-12H2,1-9H3. The van der Waals surface area contributed by atoms with Gasteiger partial charge in [-0.05, 0) is 77.8 Å². The predicted molar refractivity (Wildman–Crippen MR) is 200 cm³/mol. The highest BCUT2D eigenvalue weighted by molar-refractivity contribution is 6.74. The minimum atomic E-state index is -1.94. The molecule has 2 aromatic heterocycles. The number of aromatic nitrogens is 4. The van der Waals surface area contributed by atoms with Gasteiger partial charge in [-0.15, -0.1) is 0 Å². The maximum absolute atomic E-state index is 12.0. The molecule has 0 bridgehead atoms. The highest BCUT2D eigenvalue weighted by Crippen LogP contribution is 2.38. The number of hydrogen-bond donors (Lipinski definition) is 0. The number of Topliss-reactive ketones (excluding diaryl/α,β-unsaturated/α-hetero) is 2. The summed E-state index contributed by atoms with van der Waals surface area (Å²) < 4.78 is 26.2. The van der Waals surface area contributed by atoms with Crippen LogP contribution in [0.25, 0.3) is 0 Å². The number of nitrogens with zero attached hydrogens (tertiary/aromatic N) is 4. The summed E-state index contributed by atoms with van der Waals surface area (Å²) in [5.74, 6) is -0.455. The monoisotopic (exact) mass is 736 g/mol. The van der Waals surface area contributed by atoms with Gasteiger partial charge in [0.2, 0.25) is 0 Å². The van der Waals surface area contributed by atoms with Crippen LogP contribution in [0.4, 0.5) is 0 Å². The Hall–Kier alpha value is -2.95. The van der Waals surface area contributed by atoms with Gasteiger partial charge in [0, 0.05) is 20.0 Å². The lowest BCUT2D eigenvalue weighted by Crippen LogP contribution is -2.40. The van der Waals surface area contributed by atoms with Gasteiger partial charge in [0.1, 0.15) is 0 Å². The van der Waals surface area contributed by atoms with Gasteiger partial charge in [-0.25, -0.2) is 9.97 Å². The van der Waals surface area contributed by atoms with Crippen LogP contribution in [0.1, 0.15) is 130 Å². The second-order valence-corrected chi connectivity index (χ2v) is 27.5. The molecule has 0 unspecified atom stereocenters. The van der Waals surface area contributed by atoms with Crippen molar-refractivity contribution in [2.75, 3.05) is 0 Å². The maximum Gasteiger partial charge on any atom is 0.312 e. The van der Waals surface area contributed by atoms with Crippen molar-refractivity contribution in [3.05, 3.63) is 35.4 Å². The molecule has 2 heterocycles. The Balaban J connectivity index is 0.000000500. The molecule has 50 heavy (non-hydrogen) atoms. The van der Waals surface area contributed by atoms with Crippen LogP contribution in [-0.4, -0.2) is 59.2 Å². The largest absolute Gasteiger partial charge is 0.443 e. The van der Waals surface area contributed by atoms with E-state index < -0.39 is 27.5 Å². The summed E-state index contributed by atoms with van der Waals surface area (Å²) in [6, 6.07) is 0. The number of esters is 2. The first-order chi connectivity index (χ1) is 22.3. The predicted octanol–water partition coefficient (Wildman–Crippen LogP) is 8.31. The summed E-state index contributed by atoms with van der Waals surface area (Å²) in [7, 11) is -3.84. The van der Waals surface area contributed by atoms with Crippen molar-refractivity contribution >= 4 is 40.1 Å². The van der Waals surface area contributed by atoms with Crippen LogP contribution in [0.3, 0.4) is 0 Å². The molecule has 0 spiro atoms. The van der Waals surface area contributed by atoms with E-state index >= 15 is 0 Å². The molecule has 0 atom stereocenters. The lowest BCUT2D eigenvalue weighted by Gasteiger charge is -2.36. The van der Waals surface area contributed by atoms with E-state index in [2.05, 4.69) is 77.7 Å². The van der Waals surface area contributed by atoms with Crippen LogP contribution >= 0.6 is 0 Å². The lowest BCUT2D eigenvalue weighted by atomic mass is 9.97. The number of ketones is 2. The third-order valence-electron chi connectivity index (χ3n) is 9.05. The average Bonchev–Trinajstić information content (AvgIpc) is 3.54. The zero-order chi connectivity index (χ0) is 39.3. The van der Waals surface area contributed by atoms with Gasteiger partial charge in [-0.1, -0.05) is 41.5 Å². The van der Waals surface area contributed by atoms with E-state index in [9.17, 15) is 19.2 Å². The Labute approximate surface area is 302 Å². The third-order valence-corrected chi connectivity index (χ3v) is 18.0. The third kappa shape index (κ3) is 13.0. The first-order valence-corrected chi connectivity index (χ1v) is 22.9. The molecular weight excluding hydrogens is 673 g/mol. The van der Waals surface area contributed by atoms with Gasteiger partial charge in [0.25, 0.3) is 0 Å². The fourth-order valence-electron chi connectivity index (χ4n) is 3.50. The molecule has 0 saturated heterocycles. The van der Waals surface area contributed by atoms with Crippen LogP contribution in [0.2, 0.25) is 36.3 Å². The first kappa shape index (κ1) is 45.1. The summed E-state index contributed by atoms with van der Waals surface area (Å²) in [6.07, 6.45) is 3.34. The highest BCUT2D eigenvalue weighted by Gasteiger charge is 2.38. The summed E-state index contributed by atoms with van der Waals surface area (Å²) in [5, 5.41) is 0.182. The van der Waals surface area contributed by atoms with Crippen LogP contribution in [0, 0.1) is 10.8 Å². The molecule has 0 N–H and O–H groups in total. The van der Waals surface area contributed by atoms with Crippen molar-refractivity contribution in [1.82, 2.24) is 19.1 Å². The molecule has 0 amide bonds. The Morgan fingerprint density at radius 3 is 1.48 bits per heavy atom. The molecule has 0 aliphatic carbocycles. The summed E-state index contributed by atoms with van der Waals surface area (Å²) in [5.41, 5.74) is 0.207. The quantitative estimate of drug-likeness (QED) is 0.119. The van der Waals surface area contributed by atoms with E-state index in [0.29, 0.717) is 18.9 Å². The molecular formula is C36H64N4O8Si2. The van der Waals surface area contributed by atoms with Gasteiger partial charge < -0.3 is 18.3 Å². The van der Waals surface area contributed by atoms with Crippen LogP contribution in [0.5, 0.6) is 0 Å². The Kier molecular flexibility index (Phi) is 15.0. The van der Waals surface area contributed by atoms with E-state index in [0.717, 1.165) is 5.69 Å². The molecule has 12 nitrogen and oxygen atoms in total. The van der Waals surface area contributed by atoms with E-state index in [1.54, 1.807) is 63.1 Å². The second-order valence-electron chi connectivity index (χ2n) is 17.9. The number of hydrogen-bond acceptors (Lipinski definition) is 10. The van der Waals surface area contributed by atoms with Crippen LogP contribution in [0.15, 0.2) is 12.4 Å². The minimum absolute atomic E-state index is 0.0297. The van der Waals surface area contributed by atoms with Gasteiger partial charge in [0.15, 0.2) is 53.3 Å². The molecule has 0 saturated carbocycles. The van der Waals surface area contributed by atoms with E-state index in [-0.39, 0.29) is 58.7 Å². The number of rotatable bonds is 12. The number of carbonyl (C=O) groups is 4. The lowest BCUT2D eigenvalue weighted by molar-refractivity contribution is -0.157. The summed E-state index contributed by atoms with van der Waals surface area (Å²) in [6.45, 7) is 35.9. The molecule has 0 aliphatic rings. The molecule has 2 aromatic rings.